The number of esters is 2. The summed E-state index contributed by atoms with van der Waals surface area (Å²) in [6.07, 6.45) is -2.85. The molecule has 0 saturated carbocycles. The summed E-state index contributed by atoms with van der Waals surface area (Å²) in [6, 6.07) is 15.6. The van der Waals surface area contributed by atoms with E-state index >= 15 is 0 Å². The third kappa shape index (κ3) is 4.67. The highest BCUT2D eigenvalue weighted by Crippen LogP contribution is 2.35. The number of carbonyl (C=O) groups excluding carboxylic acids is 4. The third-order valence-electron chi connectivity index (χ3n) is 3.33. The van der Waals surface area contributed by atoms with E-state index in [2.05, 4.69) is 0 Å². The summed E-state index contributed by atoms with van der Waals surface area (Å²) in [5, 5.41) is 21.5. The second-order valence-electron chi connectivity index (χ2n) is 5.05. The third-order valence-corrected chi connectivity index (χ3v) is 3.33. The molecule has 2 aromatic rings. The molecule has 2 rings (SSSR count). The topological polar surface area (TPSA) is 127 Å². The largest absolute Gasteiger partial charge is 0.462 e. The van der Waals surface area contributed by atoms with Gasteiger partial charge in [-0.1, -0.05) is 60.7 Å². The average Bonchev–Trinajstić information content (AvgIpc) is 2.65. The highest BCUT2D eigenvalue weighted by molar-refractivity contribution is 6.29. The van der Waals surface area contributed by atoms with Crippen molar-refractivity contribution in [3.63, 3.8) is 0 Å². The van der Waals surface area contributed by atoms with Crippen LogP contribution in [0.2, 0.25) is 0 Å². The molecular formula is C18H12O8. The Hall–Kier alpha value is -3.68. The van der Waals surface area contributed by atoms with Crippen LogP contribution in [-0.4, -0.2) is 23.9 Å². The molecule has 2 radical (unpaired) electrons. The fourth-order valence-corrected chi connectivity index (χ4v) is 2.22. The minimum absolute atomic E-state index is 0.280. The van der Waals surface area contributed by atoms with Gasteiger partial charge < -0.3 is 9.47 Å². The zero-order chi connectivity index (χ0) is 19.1. The summed E-state index contributed by atoms with van der Waals surface area (Å²) in [5.41, 5.74) is 0.559. The maximum Gasteiger partial charge on any atom is 0.462 e. The monoisotopic (exact) mass is 356 g/mol. The Bertz CT molecular complexity index is 731. The molecule has 0 N–H and O–H groups in total. The van der Waals surface area contributed by atoms with Crippen molar-refractivity contribution < 1.29 is 38.9 Å². The quantitative estimate of drug-likeness (QED) is 0.590. The van der Waals surface area contributed by atoms with Crippen molar-refractivity contribution in [1.82, 2.24) is 0 Å². The van der Waals surface area contributed by atoms with Gasteiger partial charge in [-0.3, -0.25) is 0 Å². The Balaban J connectivity index is 2.49. The lowest BCUT2D eigenvalue weighted by Crippen LogP contribution is -2.28. The van der Waals surface area contributed by atoms with Crippen LogP contribution in [0.5, 0.6) is 0 Å². The Morgan fingerprint density at radius 3 is 1.15 bits per heavy atom. The van der Waals surface area contributed by atoms with Crippen LogP contribution in [0.4, 0.5) is 0 Å². The van der Waals surface area contributed by atoms with Crippen LogP contribution in [0.3, 0.4) is 0 Å². The van der Waals surface area contributed by atoms with Crippen LogP contribution in [-0.2, 0) is 38.9 Å². The van der Waals surface area contributed by atoms with E-state index in [4.69, 9.17) is 9.47 Å². The van der Waals surface area contributed by atoms with Crippen molar-refractivity contribution in [2.75, 3.05) is 0 Å². The van der Waals surface area contributed by atoms with Gasteiger partial charge in [-0.15, -0.1) is 0 Å². The molecule has 0 aliphatic carbocycles. The molecule has 8 nitrogen and oxygen atoms in total. The Kier molecular flexibility index (Phi) is 6.05. The van der Waals surface area contributed by atoms with Gasteiger partial charge >= 0.3 is 23.9 Å². The normalized spacial score (nSPS) is 12.5. The number of hydrogen-bond acceptors (Lipinski definition) is 6. The molecule has 0 fully saturated rings. The molecule has 0 bridgehead atoms. The van der Waals surface area contributed by atoms with Crippen LogP contribution in [0, 0.1) is 0 Å². The summed E-state index contributed by atoms with van der Waals surface area (Å²) < 4.78 is 9.81. The second kappa shape index (κ2) is 8.43. The predicted octanol–water partition coefficient (Wildman–Crippen LogP) is 1.47. The van der Waals surface area contributed by atoms with Crippen LogP contribution in [0.15, 0.2) is 60.7 Å². The highest BCUT2D eigenvalue weighted by atomic mass is 16.6. The molecule has 0 aromatic heterocycles. The Labute approximate surface area is 147 Å². The van der Waals surface area contributed by atoms with E-state index in [-0.39, 0.29) is 11.1 Å². The van der Waals surface area contributed by atoms with Gasteiger partial charge in [0.05, 0.1) is 0 Å². The second-order valence-corrected chi connectivity index (χ2v) is 5.05. The lowest BCUT2D eigenvalue weighted by Gasteiger charge is -2.26. The lowest BCUT2D eigenvalue weighted by atomic mass is 9.98. The fourth-order valence-electron chi connectivity index (χ4n) is 2.22. The highest BCUT2D eigenvalue weighted by Gasteiger charge is 2.35. The molecule has 2 unspecified atom stereocenters. The summed E-state index contributed by atoms with van der Waals surface area (Å²) in [5.74, 6) is -7.57. The van der Waals surface area contributed by atoms with Gasteiger partial charge in [-0.2, -0.15) is 0 Å². The molecule has 2 atom stereocenters. The molecule has 0 spiro atoms. The number of benzene rings is 2. The van der Waals surface area contributed by atoms with E-state index in [1.54, 1.807) is 36.4 Å². The summed E-state index contributed by atoms with van der Waals surface area (Å²) >= 11 is 0. The molecule has 0 aliphatic rings. The van der Waals surface area contributed by atoms with E-state index in [1.165, 1.54) is 24.3 Å². The maximum absolute atomic E-state index is 11.5. The van der Waals surface area contributed by atoms with Gasteiger partial charge in [0.2, 0.25) is 0 Å². The van der Waals surface area contributed by atoms with Gasteiger partial charge in [-0.05, 0) is 11.1 Å². The first-order valence-corrected chi connectivity index (χ1v) is 7.34. The van der Waals surface area contributed by atoms with E-state index in [9.17, 15) is 29.4 Å². The molecule has 2 aromatic carbocycles. The van der Waals surface area contributed by atoms with Gasteiger partial charge in [0.1, 0.15) is 0 Å². The molecule has 0 heterocycles. The average molecular weight is 356 g/mol. The smallest absolute Gasteiger partial charge is 0.445 e. The zero-order valence-electron chi connectivity index (χ0n) is 13.2. The van der Waals surface area contributed by atoms with E-state index in [1.807, 2.05) is 0 Å². The van der Waals surface area contributed by atoms with E-state index < -0.39 is 36.1 Å². The van der Waals surface area contributed by atoms with Crippen molar-refractivity contribution in [1.29, 1.82) is 0 Å². The number of ether oxygens (including phenoxy) is 2. The summed E-state index contributed by atoms with van der Waals surface area (Å²) in [7, 11) is 0. The first-order valence-electron chi connectivity index (χ1n) is 7.34. The van der Waals surface area contributed by atoms with Crippen molar-refractivity contribution in [2.45, 2.75) is 12.2 Å². The van der Waals surface area contributed by atoms with Gasteiger partial charge in [0.25, 0.3) is 0 Å². The Morgan fingerprint density at radius 2 is 0.885 bits per heavy atom. The van der Waals surface area contributed by atoms with Gasteiger partial charge in [0, 0.05) is 0 Å². The van der Waals surface area contributed by atoms with Crippen molar-refractivity contribution in [3.05, 3.63) is 71.8 Å². The number of rotatable bonds is 5. The molecule has 8 heteroatoms. The zero-order valence-corrected chi connectivity index (χ0v) is 13.2. The molecule has 0 amide bonds. The van der Waals surface area contributed by atoms with Crippen molar-refractivity contribution in [3.8, 4) is 0 Å². The maximum atomic E-state index is 11.5. The number of hydrogen-bond donors (Lipinski definition) is 0. The summed E-state index contributed by atoms with van der Waals surface area (Å²) in [4.78, 5) is 44.6. The van der Waals surface area contributed by atoms with Crippen LogP contribution >= 0.6 is 0 Å². The van der Waals surface area contributed by atoms with Crippen molar-refractivity contribution >= 4 is 23.9 Å². The molecule has 0 saturated heterocycles. The van der Waals surface area contributed by atoms with E-state index in [0.29, 0.717) is 0 Å². The molecule has 132 valence electrons. The number of carbonyl (C=O) groups is 4. The van der Waals surface area contributed by atoms with Crippen molar-refractivity contribution in [2.24, 2.45) is 0 Å². The molecule has 0 aliphatic heterocycles. The fraction of sp³-hybridized carbons (Fsp3) is 0.111. The standard InChI is InChI=1S/C18H12O8/c19-15(20)17(23)25-13(11-7-3-1-4-8-11)14(26-18(24)16(21)22)12-9-5-2-6-10-12/h1-10,13-14H. The minimum atomic E-state index is -2.09. The molecule has 26 heavy (non-hydrogen) atoms. The SMILES string of the molecule is [O]C(=O)C(=O)OC(c1ccccc1)C(OC(=O)C([O])=O)c1ccccc1. The molecular weight excluding hydrogens is 344 g/mol. The first kappa shape index (κ1) is 18.7. The first-order chi connectivity index (χ1) is 12.4. The predicted molar refractivity (Wildman–Crippen MR) is 81.9 cm³/mol. The van der Waals surface area contributed by atoms with E-state index in [0.717, 1.165) is 0 Å². The van der Waals surface area contributed by atoms with Crippen LogP contribution in [0.1, 0.15) is 23.3 Å². The lowest BCUT2D eigenvalue weighted by molar-refractivity contribution is -0.184. The van der Waals surface area contributed by atoms with Gasteiger partial charge in [-0.25, -0.2) is 29.4 Å². The minimum Gasteiger partial charge on any atom is -0.445 e. The van der Waals surface area contributed by atoms with Crippen LogP contribution < -0.4 is 0 Å². The van der Waals surface area contributed by atoms with Crippen LogP contribution in [0.25, 0.3) is 0 Å². The van der Waals surface area contributed by atoms with Gasteiger partial charge in [0.15, 0.2) is 12.2 Å². The summed E-state index contributed by atoms with van der Waals surface area (Å²) in [6.45, 7) is 0. The Morgan fingerprint density at radius 1 is 0.577 bits per heavy atom.